The standard InChI is InChI=1S/C11H12F3N2.CHF3O3S/c1-3-16-9-7-5-4-6-8(9)15(2)10(16)11(12,13)14;2-1(3,4)8(5,6)7/h4-7H,3H2,1-2H3;(H,5,6,7)/q+1;/p-1. The maximum absolute atomic E-state index is 12.9. The molecule has 0 aliphatic rings. The van der Waals surface area contributed by atoms with Crippen molar-refractivity contribution in [2.75, 3.05) is 0 Å². The number of aromatic nitrogens is 2. The SMILES string of the molecule is CCn1c(C(F)(F)F)[n+](C)c2ccccc21.O=S(=O)([O-])C(F)(F)F. The highest BCUT2D eigenvalue weighted by Gasteiger charge is 2.45. The number of fused-ring (bicyclic) bond motifs is 1. The van der Waals surface area contributed by atoms with Crippen LogP contribution in [-0.2, 0) is 29.9 Å². The lowest BCUT2D eigenvalue weighted by atomic mass is 10.3. The minimum Gasteiger partial charge on any atom is -0.741 e. The number of imidazole rings is 1. The molecule has 0 N–H and O–H groups in total. The number of halogens is 6. The Hall–Kier alpha value is -1.82. The first-order chi connectivity index (χ1) is 10.7. The van der Waals surface area contributed by atoms with E-state index in [2.05, 4.69) is 0 Å². The molecule has 1 aromatic heterocycles. The maximum atomic E-state index is 12.9. The molecular formula is C12H12F6N2O3S. The van der Waals surface area contributed by atoms with Gasteiger partial charge < -0.3 is 4.55 Å². The number of aryl methyl sites for hydroxylation is 2. The van der Waals surface area contributed by atoms with Crippen molar-refractivity contribution in [2.45, 2.75) is 25.2 Å². The molecule has 5 nitrogen and oxygen atoms in total. The third-order valence-electron chi connectivity index (χ3n) is 2.96. The van der Waals surface area contributed by atoms with E-state index in [0.717, 1.165) is 0 Å². The van der Waals surface area contributed by atoms with Gasteiger partial charge in [0, 0.05) is 0 Å². The zero-order valence-corrected chi connectivity index (χ0v) is 13.1. The summed E-state index contributed by atoms with van der Waals surface area (Å²) in [6.45, 7) is 2.01. The molecule has 0 spiro atoms. The van der Waals surface area contributed by atoms with Crippen LogP contribution in [0.3, 0.4) is 0 Å². The molecule has 2 aromatic rings. The van der Waals surface area contributed by atoms with Crippen LogP contribution in [-0.4, -0.2) is 23.0 Å². The summed E-state index contributed by atoms with van der Waals surface area (Å²) in [7, 11) is -4.65. The van der Waals surface area contributed by atoms with E-state index < -0.39 is 27.6 Å². The average Bonchev–Trinajstić information content (AvgIpc) is 2.70. The van der Waals surface area contributed by atoms with Gasteiger partial charge in [-0.15, -0.1) is 0 Å². The molecule has 0 fully saturated rings. The molecule has 0 amide bonds. The monoisotopic (exact) mass is 378 g/mol. The fourth-order valence-corrected chi connectivity index (χ4v) is 2.05. The van der Waals surface area contributed by atoms with Gasteiger partial charge in [0.25, 0.3) is 0 Å². The van der Waals surface area contributed by atoms with Crippen LogP contribution < -0.4 is 4.57 Å². The van der Waals surface area contributed by atoms with Crippen LogP contribution in [0.15, 0.2) is 24.3 Å². The molecule has 136 valence electrons. The van der Waals surface area contributed by atoms with E-state index in [-0.39, 0.29) is 0 Å². The van der Waals surface area contributed by atoms with Gasteiger partial charge in [0.15, 0.2) is 21.2 Å². The summed E-state index contributed by atoms with van der Waals surface area (Å²) in [5.74, 6) is -0.615. The maximum Gasteiger partial charge on any atom is 0.495 e. The van der Waals surface area contributed by atoms with E-state index in [4.69, 9.17) is 13.0 Å². The summed E-state index contributed by atoms with van der Waals surface area (Å²) in [5.41, 5.74) is -4.44. The Balaban J connectivity index is 0.000000307. The van der Waals surface area contributed by atoms with Gasteiger partial charge in [-0.3, -0.25) is 0 Å². The highest BCUT2D eigenvalue weighted by Crippen LogP contribution is 2.29. The van der Waals surface area contributed by atoms with Crippen molar-refractivity contribution < 1.29 is 43.9 Å². The predicted molar refractivity (Wildman–Crippen MR) is 69.5 cm³/mol. The first-order valence-electron chi connectivity index (χ1n) is 6.28. The Morgan fingerprint density at radius 2 is 1.58 bits per heavy atom. The largest absolute Gasteiger partial charge is 0.741 e. The van der Waals surface area contributed by atoms with Crippen molar-refractivity contribution >= 4 is 21.2 Å². The molecular weight excluding hydrogens is 366 g/mol. The molecule has 2 rings (SSSR count). The van der Waals surface area contributed by atoms with Crippen LogP contribution >= 0.6 is 0 Å². The average molecular weight is 378 g/mol. The molecule has 24 heavy (non-hydrogen) atoms. The smallest absolute Gasteiger partial charge is 0.495 e. The van der Waals surface area contributed by atoms with Gasteiger partial charge >= 0.3 is 17.5 Å². The van der Waals surface area contributed by atoms with Crippen LogP contribution in [0.2, 0.25) is 0 Å². The topological polar surface area (TPSA) is 66.0 Å². The fourth-order valence-electron chi connectivity index (χ4n) is 2.05. The van der Waals surface area contributed by atoms with Crippen LogP contribution in [0.4, 0.5) is 26.3 Å². The lowest BCUT2D eigenvalue weighted by Crippen LogP contribution is -2.38. The number of benzene rings is 1. The molecule has 0 saturated carbocycles. The van der Waals surface area contributed by atoms with Gasteiger partial charge in [0.2, 0.25) is 0 Å². The number of nitrogens with zero attached hydrogens (tertiary/aromatic N) is 2. The fraction of sp³-hybridized carbons (Fsp3) is 0.417. The van der Waals surface area contributed by atoms with E-state index >= 15 is 0 Å². The van der Waals surface area contributed by atoms with Gasteiger partial charge in [-0.2, -0.15) is 26.3 Å². The van der Waals surface area contributed by atoms with Crippen molar-refractivity contribution in [1.82, 2.24) is 4.57 Å². The molecule has 1 heterocycles. The number of hydrogen-bond donors (Lipinski definition) is 0. The summed E-state index contributed by atoms with van der Waals surface area (Å²) in [5, 5.41) is 0. The van der Waals surface area contributed by atoms with Gasteiger partial charge in [-0.1, -0.05) is 12.1 Å². The predicted octanol–water partition coefficient (Wildman–Crippen LogP) is 2.56. The summed E-state index contributed by atoms with van der Waals surface area (Å²) >= 11 is 0. The van der Waals surface area contributed by atoms with E-state index in [1.54, 1.807) is 31.2 Å². The second-order valence-electron chi connectivity index (χ2n) is 4.51. The molecule has 0 aliphatic carbocycles. The van der Waals surface area contributed by atoms with Crippen LogP contribution in [0.1, 0.15) is 12.7 Å². The number of rotatable bonds is 1. The lowest BCUT2D eigenvalue weighted by molar-refractivity contribution is -0.667. The summed E-state index contributed by atoms with van der Waals surface area (Å²) < 4.78 is 100. The number of para-hydroxylation sites is 2. The van der Waals surface area contributed by atoms with E-state index in [0.29, 0.717) is 17.6 Å². The van der Waals surface area contributed by atoms with E-state index in [9.17, 15) is 26.3 Å². The quantitative estimate of drug-likeness (QED) is 0.332. The van der Waals surface area contributed by atoms with Crippen LogP contribution in [0.5, 0.6) is 0 Å². The van der Waals surface area contributed by atoms with Crippen molar-refractivity contribution in [3.8, 4) is 0 Å². The molecule has 0 bridgehead atoms. The summed E-state index contributed by atoms with van der Waals surface area (Å²) in [4.78, 5) is 0. The minimum absolute atomic E-state index is 0.302. The van der Waals surface area contributed by atoms with E-state index in [1.165, 1.54) is 16.2 Å². The minimum atomic E-state index is -6.09. The van der Waals surface area contributed by atoms with Crippen LogP contribution in [0, 0.1) is 0 Å². The first kappa shape index (κ1) is 20.2. The van der Waals surface area contributed by atoms with Gasteiger partial charge in [-0.25, -0.2) is 17.6 Å². The summed E-state index contributed by atoms with van der Waals surface area (Å²) in [6, 6.07) is 6.88. The van der Waals surface area contributed by atoms with Gasteiger partial charge in [0.1, 0.15) is 0 Å². The van der Waals surface area contributed by atoms with Crippen molar-refractivity contribution in [1.29, 1.82) is 0 Å². The zero-order chi connectivity index (χ0) is 18.9. The molecule has 0 unspecified atom stereocenters. The van der Waals surface area contributed by atoms with E-state index in [1.807, 2.05) is 0 Å². The molecule has 0 aliphatic heterocycles. The van der Waals surface area contributed by atoms with Crippen LogP contribution in [0.25, 0.3) is 11.0 Å². The Kier molecular flexibility index (Phi) is 5.55. The second kappa shape index (κ2) is 6.59. The third kappa shape index (κ3) is 4.17. The Morgan fingerprint density at radius 3 is 1.96 bits per heavy atom. The Bertz CT molecular complexity index is 824. The van der Waals surface area contributed by atoms with Crippen molar-refractivity contribution in [2.24, 2.45) is 7.05 Å². The van der Waals surface area contributed by atoms with Crippen molar-refractivity contribution in [3.05, 3.63) is 30.1 Å². The molecule has 1 aromatic carbocycles. The second-order valence-corrected chi connectivity index (χ2v) is 5.88. The normalized spacial score (nSPS) is 12.9. The van der Waals surface area contributed by atoms with Crippen molar-refractivity contribution in [3.63, 3.8) is 0 Å². The Labute approximate surface area is 132 Å². The third-order valence-corrected chi connectivity index (χ3v) is 3.53. The number of alkyl halides is 6. The molecule has 0 radical (unpaired) electrons. The first-order valence-corrected chi connectivity index (χ1v) is 7.69. The highest BCUT2D eigenvalue weighted by atomic mass is 32.2. The summed E-state index contributed by atoms with van der Waals surface area (Å²) in [6.07, 6.45) is -4.33. The lowest BCUT2D eigenvalue weighted by Gasteiger charge is -2.08. The highest BCUT2D eigenvalue weighted by molar-refractivity contribution is 7.86. The number of hydrogen-bond acceptors (Lipinski definition) is 3. The van der Waals surface area contributed by atoms with Gasteiger partial charge in [0.05, 0.1) is 13.6 Å². The molecule has 0 atom stereocenters. The van der Waals surface area contributed by atoms with Gasteiger partial charge in [-0.05, 0) is 19.1 Å². The molecule has 12 heteroatoms. The zero-order valence-electron chi connectivity index (χ0n) is 12.3. The molecule has 0 saturated heterocycles. The Morgan fingerprint density at radius 1 is 1.12 bits per heavy atom.